The Labute approximate surface area is 82.8 Å². The Morgan fingerprint density at radius 3 is 2.50 bits per heavy atom. The zero-order valence-electron chi connectivity index (χ0n) is 8.65. The first-order valence-corrected chi connectivity index (χ1v) is 4.57. The molecule has 2 aromatic heterocycles. The van der Waals surface area contributed by atoms with Gasteiger partial charge in [-0.15, -0.1) is 0 Å². The zero-order chi connectivity index (χ0) is 10.3. The number of nitrogens with zero attached hydrogens (tertiary/aromatic N) is 3. The van der Waals surface area contributed by atoms with Crippen LogP contribution in [0.15, 0.2) is 18.6 Å². The number of hydrogen-bond acceptors (Lipinski definition) is 3. The van der Waals surface area contributed by atoms with Crippen LogP contribution >= 0.6 is 0 Å². The molecule has 0 aromatic carbocycles. The summed E-state index contributed by atoms with van der Waals surface area (Å²) in [6.07, 6.45) is 5.46. The summed E-state index contributed by atoms with van der Waals surface area (Å²) >= 11 is 0. The van der Waals surface area contributed by atoms with Crippen LogP contribution in [-0.4, -0.2) is 14.4 Å². The van der Waals surface area contributed by atoms with Crippen molar-refractivity contribution in [2.45, 2.75) is 26.2 Å². The fourth-order valence-corrected chi connectivity index (χ4v) is 1.28. The van der Waals surface area contributed by atoms with E-state index in [1.54, 1.807) is 10.6 Å². The maximum absolute atomic E-state index is 5.75. The predicted octanol–water partition coefficient (Wildman–Crippen LogP) is 1.61. The van der Waals surface area contributed by atoms with Gasteiger partial charge in [-0.3, -0.25) is 4.40 Å². The molecule has 2 rings (SSSR count). The van der Waals surface area contributed by atoms with Gasteiger partial charge in [0.25, 0.3) is 0 Å². The molecule has 2 aromatic rings. The number of anilines is 1. The minimum Gasteiger partial charge on any atom is -0.383 e. The summed E-state index contributed by atoms with van der Waals surface area (Å²) in [5.41, 5.74) is 6.98. The van der Waals surface area contributed by atoms with Gasteiger partial charge >= 0.3 is 0 Å². The van der Waals surface area contributed by atoms with Gasteiger partial charge in [-0.25, -0.2) is 9.97 Å². The molecule has 4 nitrogen and oxygen atoms in total. The van der Waals surface area contributed by atoms with Crippen molar-refractivity contribution >= 4 is 11.6 Å². The summed E-state index contributed by atoms with van der Waals surface area (Å²) in [6.45, 7) is 6.43. The Kier molecular flexibility index (Phi) is 1.74. The van der Waals surface area contributed by atoms with Crippen molar-refractivity contribution < 1.29 is 0 Å². The predicted molar refractivity (Wildman–Crippen MR) is 56.1 cm³/mol. The van der Waals surface area contributed by atoms with E-state index in [9.17, 15) is 0 Å². The van der Waals surface area contributed by atoms with Crippen molar-refractivity contribution in [3.05, 3.63) is 24.2 Å². The Bertz CT molecular complexity index is 464. The van der Waals surface area contributed by atoms with Gasteiger partial charge < -0.3 is 5.73 Å². The molecular weight excluding hydrogens is 176 g/mol. The third-order valence-electron chi connectivity index (χ3n) is 2.26. The molecule has 0 aliphatic rings. The Morgan fingerprint density at radius 2 is 1.86 bits per heavy atom. The normalized spacial score (nSPS) is 12.2. The molecule has 0 saturated carbocycles. The number of hydrogen-bond donors (Lipinski definition) is 1. The standard InChI is InChI=1S/C10H14N4/c1-10(2,3)7-4-12-9-13-5-8(11)14(9)6-7/h4-6H,11H2,1-3H3. The second-order valence-corrected chi connectivity index (χ2v) is 4.45. The lowest BCUT2D eigenvalue weighted by atomic mass is 9.89. The van der Waals surface area contributed by atoms with E-state index in [1.807, 2.05) is 12.4 Å². The molecule has 0 spiro atoms. The minimum absolute atomic E-state index is 0.0812. The summed E-state index contributed by atoms with van der Waals surface area (Å²) in [7, 11) is 0. The highest BCUT2D eigenvalue weighted by Crippen LogP contribution is 2.21. The van der Waals surface area contributed by atoms with Crippen LogP contribution in [-0.2, 0) is 5.41 Å². The molecule has 0 radical (unpaired) electrons. The molecule has 14 heavy (non-hydrogen) atoms. The largest absolute Gasteiger partial charge is 0.383 e. The maximum atomic E-state index is 5.75. The topological polar surface area (TPSA) is 56.2 Å². The summed E-state index contributed by atoms with van der Waals surface area (Å²) in [5.74, 6) is 1.27. The van der Waals surface area contributed by atoms with Crippen LogP contribution in [0.4, 0.5) is 5.82 Å². The first-order chi connectivity index (χ1) is 6.48. The molecule has 0 atom stereocenters. The fourth-order valence-electron chi connectivity index (χ4n) is 1.28. The van der Waals surface area contributed by atoms with Crippen LogP contribution < -0.4 is 5.73 Å². The van der Waals surface area contributed by atoms with E-state index in [0.29, 0.717) is 11.6 Å². The number of aromatic nitrogens is 3. The van der Waals surface area contributed by atoms with Crippen LogP contribution in [0, 0.1) is 0 Å². The van der Waals surface area contributed by atoms with Crippen molar-refractivity contribution in [3.63, 3.8) is 0 Å². The lowest BCUT2D eigenvalue weighted by molar-refractivity contribution is 0.583. The van der Waals surface area contributed by atoms with Crippen LogP contribution in [0.2, 0.25) is 0 Å². The monoisotopic (exact) mass is 190 g/mol. The van der Waals surface area contributed by atoms with Crippen LogP contribution in [0.3, 0.4) is 0 Å². The van der Waals surface area contributed by atoms with Crippen molar-refractivity contribution in [2.75, 3.05) is 5.73 Å². The average Bonchev–Trinajstić information content (AvgIpc) is 2.46. The van der Waals surface area contributed by atoms with E-state index in [4.69, 9.17) is 5.73 Å². The molecule has 0 aliphatic heterocycles. The van der Waals surface area contributed by atoms with Gasteiger partial charge in [0.15, 0.2) is 0 Å². The third kappa shape index (κ3) is 1.32. The van der Waals surface area contributed by atoms with Gasteiger partial charge in [-0.2, -0.15) is 0 Å². The second kappa shape index (κ2) is 2.70. The number of nitrogens with two attached hydrogens (primary N) is 1. The SMILES string of the molecule is CC(C)(C)c1cnc2ncc(N)n2c1. The molecule has 2 heterocycles. The first-order valence-electron chi connectivity index (χ1n) is 4.57. The maximum Gasteiger partial charge on any atom is 0.235 e. The van der Waals surface area contributed by atoms with Crippen molar-refractivity contribution in [1.82, 2.24) is 14.4 Å². The third-order valence-corrected chi connectivity index (χ3v) is 2.26. The lowest BCUT2D eigenvalue weighted by Crippen LogP contribution is -2.13. The van der Waals surface area contributed by atoms with Gasteiger partial charge in [-0.05, 0) is 11.0 Å². The highest BCUT2D eigenvalue weighted by molar-refractivity contribution is 5.43. The van der Waals surface area contributed by atoms with E-state index in [-0.39, 0.29) is 5.41 Å². The molecular formula is C10H14N4. The Balaban J connectivity index is 2.66. The molecule has 74 valence electrons. The van der Waals surface area contributed by atoms with Crippen molar-refractivity contribution in [3.8, 4) is 0 Å². The molecule has 0 unspecified atom stereocenters. The van der Waals surface area contributed by atoms with Gasteiger partial charge in [0.2, 0.25) is 5.78 Å². The van der Waals surface area contributed by atoms with Crippen LogP contribution in [0.25, 0.3) is 5.78 Å². The summed E-state index contributed by atoms with van der Waals surface area (Å²) in [4.78, 5) is 8.31. The van der Waals surface area contributed by atoms with E-state index in [2.05, 4.69) is 30.7 Å². The molecule has 4 heteroatoms. The molecule has 0 bridgehead atoms. The molecule has 0 fully saturated rings. The van der Waals surface area contributed by atoms with E-state index >= 15 is 0 Å². The van der Waals surface area contributed by atoms with E-state index < -0.39 is 0 Å². The minimum atomic E-state index is 0.0812. The lowest BCUT2D eigenvalue weighted by Gasteiger charge is -2.18. The molecule has 0 aliphatic carbocycles. The van der Waals surface area contributed by atoms with Crippen molar-refractivity contribution in [1.29, 1.82) is 0 Å². The first kappa shape index (κ1) is 8.99. The van der Waals surface area contributed by atoms with E-state index in [0.717, 1.165) is 5.56 Å². The van der Waals surface area contributed by atoms with Gasteiger partial charge in [-0.1, -0.05) is 20.8 Å². The zero-order valence-corrected chi connectivity index (χ0v) is 8.65. The van der Waals surface area contributed by atoms with Gasteiger partial charge in [0.1, 0.15) is 5.82 Å². The van der Waals surface area contributed by atoms with Gasteiger partial charge in [0, 0.05) is 12.4 Å². The molecule has 0 saturated heterocycles. The number of imidazole rings is 1. The highest BCUT2D eigenvalue weighted by atomic mass is 15.1. The van der Waals surface area contributed by atoms with Crippen LogP contribution in [0.5, 0.6) is 0 Å². The van der Waals surface area contributed by atoms with E-state index in [1.165, 1.54) is 0 Å². The highest BCUT2D eigenvalue weighted by Gasteiger charge is 2.15. The quantitative estimate of drug-likeness (QED) is 0.686. The Hall–Kier alpha value is -1.58. The fraction of sp³-hybridized carbons (Fsp3) is 0.400. The molecule has 2 N–H and O–H groups in total. The number of fused-ring (bicyclic) bond motifs is 1. The summed E-state index contributed by atoms with van der Waals surface area (Å²) in [5, 5.41) is 0. The average molecular weight is 190 g/mol. The molecule has 0 amide bonds. The number of nitrogen functional groups attached to an aromatic ring is 1. The summed E-state index contributed by atoms with van der Waals surface area (Å²) < 4.78 is 1.81. The van der Waals surface area contributed by atoms with Crippen molar-refractivity contribution in [2.24, 2.45) is 0 Å². The second-order valence-electron chi connectivity index (χ2n) is 4.45. The van der Waals surface area contributed by atoms with Gasteiger partial charge in [0.05, 0.1) is 6.20 Å². The smallest absolute Gasteiger partial charge is 0.235 e. The Morgan fingerprint density at radius 1 is 1.21 bits per heavy atom. The number of rotatable bonds is 0. The summed E-state index contributed by atoms with van der Waals surface area (Å²) in [6, 6.07) is 0. The van der Waals surface area contributed by atoms with Crippen LogP contribution in [0.1, 0.15) is 26.3 Å².